The van der Waals surface area contributed by atoms with Crippen molar-refractivity contribution in [1.82, 2.24) is 9.13 Å². The highest BCUT2D eigenvalue weighted by molar-refractivity contribution is 5.64. The summed E-state index contributed by atoms with van der Waals surface area (Å²) in [5.41, 5.74) is -0.193. The summed E-state index contributed by atoms with van der Waals surface area (Å²) < 4.78 is 20.7. The molecule has 1 aromatic heterocycles. The molecule has 0 fully saturated rings. The molecule has 2 rings (SSSR count). The molecule has 9 heteroatoms. The van der Waals surface area contributed by atoms with Gasteiger partial charge in [0, 0.05) is 33.9 Å². The van der Waals surface area contributed by atoms with E-state index in [1.54, 1.807) is 17.0 Å². The number of benzene rings is 1. The predicted octanol–water partition coefficient (Wildman–Crippen LogP) is 1.01. The summed E-state index contributed by atoms with van der Waals surface area (Å²) in [4.78, 5) is 31.0. The fraction of sp³-hybridized carbons (Fsp3) is 0.389. The van der Waals surface area contributed by atoms with Gasteiger partial charge in [0.05, 0.1) is 0 Å². The maximum atomic E-state index is 13.2. The van der Waals surface area contributed by atoms with Crippen LogP contribution in [-0.2, 0) is 24.9 Å². The first-order chi connectivity index (χ1) is 12.9. The minimum Gasteiger partial charge on any atom is -0.396 e. The lowest BCUT2D eigenvalue weighted by atomic mass is 10.2. The van der Waals surface area contributed by atoms with Gasteiger partial charge in [-0.05, 0) is 30.8 Å². The second-order valence-electron chi connectivity index (χ2n) is 5.95. The Morgan fingerprint density at radius 1 is 1.30 bits per heavy atom. The number of aliphatic hydroxyl groups is 1. The Bertz CT molecular complexity index is 905. The highest BCUT2D eigenvalue weighted by atomic mass is 19.1. The number of hydrogen-bond acceptors (Lipinski definition) is 6. The van der Waals surface area contributed by atoms with Crippen molar-refractivity contribution < 1.29 is 14.2 Å². The highest BCUT2D eigenvalue weighted by Gasteiger charge is 2.22. The molecular formula is C18H23FN4O4. The highest BCUT2D eigenvalue weighted by Crippen LogP contribution is 2.24. The number of anilines is 1. The van der Waals surface area contributed by atoms with Gasteiger partial charge in [-0.25, -0.2) is 14.2 Å². The number of aromatic nitrogens is 2. The van der Waals surface area contributed by atoms with Crippen LogP contribution in [0.2, 0.25) is 0 Å². The van der Waals surface area contributed by atoms with Crippen LogP contribution >= 0.6 is 0 Å². The molecule has 0 amide bonds. The molecule has 0 bridgehead atoms. The Kier molecular flexibility index (Phi) is 7.03. The van der Waals surface area contributed by atoms with E-state index in [1.165, 1.54) is 30.9 Å². The third kappa shape index (κ3) is 4.50. The molecule has 1 heterocycles. The van der Waals surface area contributed by atoms with Gasteiger partial charge in [-0.3, -0.25) is 13.9 Å². The predicted molar refractivity (Wildman–Crippen MR) is 101 cm³/mol. The number of halogens is 1. The normalized spacial score (nSPS) is 10.8. The number of aliphatic hydroxyl groups excluding tert-OH is 1. The summed E-state index contributed by atoms with van der Waals surface area (Å²) in [6, 6.07) is 5.86. The zero-order valence-electron chi connectivity index (χ0n) is 15.4. The molecule has 0 unspecified atom stereocenters. The van der Waals surface area contributed by atoms with Gasteiger partial charge in [-0.1, -0.05) is 12.1 Å². The molecule has 27 heavy (non-hydrogen) atoms. The minimum absolute atomic E-state index is 0.0489. The van der Waals surface area contributed by atoms with Gasteiger partial charge in [-0.2, -0.15) is 0 Å². The molecule has 0 spiro atoms. The largest absolute Gasteiger partial charge is 0.396 e. The first-order valence-corrected chi connectivity index (χ1v) is 8.34. The minimum atomic E-state index is -0.548. The monoisotopic (exact) mass is 378 g/mol. The van der Waals surface area contributed by atoms with Crippen LogP contribution in [-0.4, -0.2) is 41.4 Å². The van der Waals surface area contributed by atoms with Crippen molar-refractivity contribution in [2.24, 2.45) is 12.0 Å². The van der Waals surface area contributed by atoms with E-state index in [9.17, 15) is 14.0 Å². The van der Waals surface area contributed by atoms with Crippen molar-refractivity contribution >= 4 is 18.2 Å². The molecule has 0 aliphatic heterocycles. The third-order valence-electron chi connectivity index (χ3n) is 4.07. The van der Waals surface area contributed by atoms with Gasteiger partial charge in [0.2, 0.25) is 0 Å². The second kappa shape index (κ2) is 9.24. The van der Waals surface area contributed by atoms with E-state index in [2.05, 4.69) is 11.7 Å². The molecule has 0 saturated heterocycles. The number of rotatable bonds is 9. The zero-order chi connectivity index (χ0) is 20.0. The number of hydrogen-bond donors (Lipinski definition) is 1. The fourth-order valence-electron chi connectivity index (χ4n) is 2.78. The summed E-state index contributed by atoms with van der Waals surface area (Å²) in [7, 11) is 2.97. The number of methoxy groups -OCH3 is 1. The molecule has 146 valence electrons. The van der Waals surface area contributed by atoms with E-state index in [0.717, 1.165) is 10.1 Å². The average Bonchev–Trinajstić information content (AvgIpc) is 2.66. The van der Waals surface area contributed by atoms with Crippen LogP contribution in [0.5, 0.6) is 0 Å². The van der Waals surface area contributed by atoms with E-state index in [-0.39, 0.29) is 50.2 Å². The summed E-state index contributed by atoms with van der Waals surface area (Å²) in [5, 5.41) is 9.05. The quantitative estimate of drug-likeness (QED) is 0.520. The van der Waals surface area contributed by atoms with E-state index < -0.39 is 11.2 Å². The molecule has 1 aromatic carbocycles. The zero-order valence-corrected chi connectivity index (χ0v) is 15.4. The maximum Gasteiger partial charge on any atom is 0.332 e. The first kappa shape index (κ1) is 20.5. The molecule has 0 aliphatic rings. The van der Waals surface area contributed by atoms with Crippen LogP contribution in [0.4, 0.5) is 15.9 Å². The standard InChI is InChI=1S/C18H23FN4O4/c1-20-16-15(17(25)23(9-4-10-24)18(26)21(16)2)22(12-27-3)11-13-5-7-14(19)8-6-13/h5-8,24H,1,4,9-12H2,2-3H3. The van der Waals surface area contributed by atoms with Gasteiger partial charge < -0.3 is 14.7 Å². The third-order valence-corrected chi connectivity index (χ3v) is 4.07. The van der Waals surface area contributed by atoms with Crippen molar-refractivity contribution in [3.63, 3.8) is 0 Å². The molecule has 0 saturated carbocycles. The molecule has 2 aromatic rings. The number of aliphatic imine (C=N–C) groups is 1. The van der Waals surface area contributed by atoms with Crippen LogP contribution in [0.1, 0.15) is 12.0 Å². The Balaban J connectivity index is 2.60. The van der Waals surface area contributed by atoms with Crippen molar-refractivity contribution in [3.05, 3.63) is 56.5 Å². The van der Waals surface area contributed by atoms with Crippen molar-refractivity contribution in [1.29, 1.82) is 0 Å². The SMILES string of the molecule is C=Nc1c(N(COC)Cc2ccc(F)cc2)c(=O)n(CCCO)c(=O)n1C. The maximum absolute atomic E-state index is 13.2. The number of ether oxygens (including phenoxy) is 1. The van der Waals surface area contributed by atoms with Crippen LogP contribution in [0, 0.1) is 5.82 Å². The smallest absolute Gasteiger partial charge is 0.332 e. The van der Waals surface area contributed by atoms with E-state index >= 15 is 0 Å². The lowest BCUT2D eigenvalue weighted by Crippen LogP contribution is -2.43. The lowest BCUT2D eigenvalue weighted by Gasteiger charge is -2.26. The van der Waals surface area contributed by atoms with Crippen molar-refractivity contribution in [2.45, 2.75) is 19.5 Å². The molecule has 0 aliphatic carbocycles. The molecule has 0 radical (unpaired) electrons. The van der Waals surface area contributed by atoms with Crippen LogP contribution < -0.4 is 16.1 Å². The molecular weight excluding hydrogens is 355 g/mol. The summed E-state index contributed by atoms with van der Waals surface area (Å²) in [5.74, 6) is -0.247. The molecule has 1 N–H and O–H groups in total. The molecule has 8 nitrogen and oxygen atoms in total. The number of nitrogens with zero attached hydrogens (tertiary/aromatic N) is 4. The van der Waals surface area contributed by atoms with E-state index in [1.807, 2.05) is 0 Å². The van der Waals surface area contributed by atoms with Gasteiger partial charge in [0.1, 0.15) is 18.2 Å². The van der Waals surface area contributed by atoms with Gasteiger partial charge in [-0.15, -0.1) is 0 Å². The first-order valence-electron chi connectivity index (χ1n) is 8.34. The van der Waals surface area contributed by atoms with E-state index in [4.69, 9.17) is 9.84 Å². The van der Waals surface area contributed by atoms with Gasteiger partial charge >= 0.3 is 5.69 Å². The Morgan fingerprint density at radius 2 is 1.96 bits per heavy atom. The van der Waals surface area contributed by atoms with Crippen molar-refractivity contribution in [3.8, 4) is 0 Å². The summed E-state index contributed by atoms with van der Waals surface area (Å²) >= 11 is 0. The topological polar surface area (TPSA) is 89.1 Å². The molecule has 0 atom stereocenters. The van der Waals surface area contributed by atoms with E-state index in [0.29, 0.717) is 0 Å². The van der Waals surface area contributed by atoms with Crippen molar-refractivity contribution in [2.75, 3.05) is 25.3 Å². The fourth-order valence-corrected chi connectivity index (χ4v) is 2.78. The van der Waals surface area contributed by atoms with Gasteiger partial charge in [0.25, 0.3) is 5.56 Å². The summed E-state index contributed by atoms with van der Waals surface area (Å²) in [6.45, 7) is 3.69. The van der Waals surface area contributed by atoms with Crippen LogP contribution in [0.3, 0.4) is 0 Å². The summed E-state index contributed by atoms with van der Waals surface area (Å²) in [6.07, 6.45) is 0.262. The second-order valence-corrected chi connectivity index (χ2v) is 5.95. The Labute approximate surface area is 155 Å². The van der Waals surface area contributed by atoms with Crippen LogP contribution in [0.25, 0.3) is 0 Å². The Hall–Kier alpha value is -2.78. The Morgan fingerprint density at radius 3 is 2.52 bits per heavy atom. The average molecular weight is 378 g/mol. The van der Waals surface area contributed by atoms with Gasteiger partial charge in [0.15, 0.2) is 5.82 Å². The van der Waals surface area contributed by atoms with Crippen LogP contribution in [0.15, 0.2) is 38.8 Å². The lowest BCUT2D eigenvalue weighted by molar-refractivity contribution is 0.196.